The van der Waals surface area contributed by atoms with Gasteiger partial charge in [0.2, 0.25) is 0 Å². The van der Waals surface area contributed by atoms with Gasteiger partial charge in [0.15, 0.2) is 0 Å². The smallest absolute Gasteiger partial charge is 0.119 e. The molecule has 3 rings (SSSR count). The molecule has 0 aromatic heterocycles. The molecule has 0 amide bonds. The van der Waals surface area contributed by atoms with Gasteiger partial charge in [-0.15, -0.1) is 6.58 Å². The van der Waals surface area contributed by atoms with Crippen LogP contribution >= 0.6 is 0 Å². The van der Waals surface area contributed by atoms with Crippen molar-refractivity contribution >= 4 is 0 Å². The molecule has 0 saturated heterocycles. The molecular formula is C19H27NO2. The molecule has 0 radical (unpaired) electrons. The van der Waals surface area contributed by atoms with Crippen molar-refractivity contribution in [1.82, 2.24) is 5.32 Å². The van der Waals surface area contributed by atoms with Crippen LogP contribution in [0.1, 0.15) is 36.8 Å². The van der Waals surface area contributed by atoms with Gasteiger partial charge in [-0.1, -0.05) is 25.0 Å². The van der Waals surface area contributed by atoms with Crippen molar-refractivity contribution in [3.8, 4) is 5.75 Å². The van der Waals surface area contributed by atoms with Crippen molar-refractivity contribution < 1.29 is 9.47 Å². The Bertz CT molecular complexity index is 542. The maximum absolute atomic E-state index is 6.21. The fourth-order valence-electron chi connectivity index (χ4n) is 4.44. The van der Waals surface area contributed by atoms with Crippen LogP contribution in [0.15, 0.2) is 30.9 Å². The van der Waals surface area contributed by atoms with Gasteiger partial charge >= 0.3 is 0 Å². The molecule has 3 nitrogen and oxygen atoms in total. The minimum absolute atomic E-state index is 0.244. The quantitative estimate of drug-likeness (QED) is 0.845. The maximum atomic E-state index is 6.21. The fraction of sp³-hybridized carbons (Fsp3) is 0.579. The molecular weight excluding hydrogens is 274 g/mol. The van der Waals surface area contributed by atoms with Crippen LogP contribution in [0.2, 0.25) is 0 Å². The minimum Gasteiger partial charge on any atom is -0.497 e. The summed E-state index contributed by atoms with van der Waals surface area (Å²) in [6, 6.07) is 6.83. The van der Waals surface area contributed by atoms with Gasteiger partial charge < -0.3 is 14.8 Å². The first-order valence-electron chi connectivity index (χ1n) is 8.32. The van der Waals surface area contributed by atoms with E-state index in [0.717, 1.165) is 25.1 Å². The second-order valence-corrected chi connectivity index (χ2v) is 6.50. The normalized spacial score (nSPS) is 30.3. The summed E-state index contributed by atoms with van der Waals surface area (Å²) in [6.45, 7) is 4.68. The zero-order valence-electron chi connectivity index (χ0n) is 13.7. The molecule has 120 valence electrons. The summed E-state index contributed by atoms with van der Waals surface area (Å²) >= 11 is 0. The first-order chi connectivity index (χ1) is 10.7. The van der Waals surface area contributed by atoms with Gasteiger partial charge in [0.1, 0.15) is 11.4 Å². The van der Waals surface area contributed by atoms with Gasteiger partial charge in [-0.3, -0.25) is 0 Å². The van der Waals surface area contributed by atoms with E-state index in [1.54, 1.807) is 7.11 Å². The van der Waals surface area contributed by atoms with Crippen molar-refractivity contribution in [2.24, 2.45) is 5.92 Å². The lowest BCUT2D eigenvalue weighted by Gasteiger charge is -2.47. The molecule has 0 spiro atoms. The number of ether oxygens (including phenoxy) is 2. The number of nitrogens with one attached hydrogen (secondary N) is 1. The summed E-state index contributed by atoms with van der Waals surface area (Å²) in [5.41, 5.74) is 2.49. The van der Waals surface area contributed by atoms with E-state index in [1.807, 2.05) is 13.2 Å². The molecule has 2 aliphatic carbocycles. The van der Waals surface area contributed by atoms with Crippen LogP contribution in [0, 0.1) is 5.92 Å². The number of hydrogen-bond acceptors (Lipinski definition) is 3. The summed E-state index contributed by atoms with van der Waals surface area (Å²) in [6.07, 6.45) is 7.90. The van der Waals surface area contributed by atoms with Crippen LogP contribution in [0.25, 0.3) is 0 Å². The predicted molar refractivity (Wildman–Crippen MR) is 89.3 cm³/mol. The lowest BCUT2D eigenvalue weighted by Crippen LogP contribution is -2.56. The van der Waals surface area contributed by atoms with Crippen molar-refractivity contribution in [1.29, 1.82) is 0 Å². The predicted octanol–water partition coefficient (Wildman–Crippen LogP) is 3.43. The zero-order valence-corrected chi connectivity index (χ0v) is 13.7. The Morgan fingerprint density at radius 2 is 2.23 bits per heavy atom. The first kappa shape index (κ1) is 15.6. The standard InChI is InChI=1S/C19H27NO2/c1-4-11-20-18-15-7-5-6-10-19(18,22-3)17-13-16(21-2)9-8-14(17)12-15/h4,8-9,13,15,18,20H,1,5-7,10-12H2,2-3H3/t15?,18?,19-/m0/s1. The summed E-state index contributed by atoms with van der Waals surface area (Å²) in [5, 5.41) is 3.70. The van der Waals surface area contributed by atoms with Crippen LogP contribution in [0.3, 0.4) is 0 Å². The van der Waals surface area contributed by atoms with Crippen molar-refractivity contribution in [3.63, 3.8) is 0 Å². The Kier molecular flexibility index (Phi) is 4.55. The Balaban J connectivity index is 2.10. The van der Waals surface area contributed by atoms with Crippen molar-refractivity contribution in [2.45, 2.75) is 43.7 Å². The maximum Gasteiger partial charge on any atom is 0.119 e. The highest BCUT2D eigenvalue weighted by molar-refractivity contribution is 5.43. The van der Waals surface area contributed by atoms with Crippen LogP contribution in [-0.4, -0.2) is 26.8 Å². The SMILES string of the molecule is C=CCNC1C2CCCC[C@]1(OC)c1cc(OC)ccc1C2. The molecule has 3 heteroatoms. The third kappa shape index (κ3) is 2.46. The molecule has 2 aliphatic rings. The highest BCUT2D eigenvalue weighted by Gasteiger charge is 2.49. The van der Waals surface area contributed by atoms with Crippen LogP contribution in [0.5, 0.6) is 5.75 Å². The van der Waals surface area contributed by atoms with Gasteiger partial charge in [-0.05, 0) is 48.4 Å². The van der Waals surface area contributed by atoms with E-state index in [2.05, 4.69) is 30.1 Å². The molecule has 1 aromatic carbocycles. The number of hydrogen-bond donors (Lipinski definition) is 1. The lowest BCUT2D eigenvalue weighted by atomic mass is 9.69. The molecule has 1 aromatic rings. The summed E-state index contributed by atoms with van der Waals surface area (Å²) in [7, 11) is 3.59. The Morgan fingerprint density at radius 3 is 2.95 bits per heavy atom. The van der Waals surface area contributed by atoms with E-state index >= 15 is 0 Å². The molecule has 1 N–H and O–H groups in total. The molecule has 2 bridgehead atoms. The molecule has 3 atom stereocenters. The van der Waals surface area contributed by atoms with Gasteiger partial charge in [-0.2, -0.15) is 0 Å². The van der Waals surface area contributed by atoms with E-state index in [-0.39, 0.29) is 5.60 Å². The number of rotatable bonds is 5. The topological polar surface area (TPSA) is 30.5 Å². The number of benzene rings is 1. The zero-order chi connectivity index (χ0) is 15.6. The van der Waals surface area contributed by atoms with Gasteiger partial charge in [0, 0.05) is 19.7 Å². The van der Waals surface area contributed by atoms with Crippen LogP contribution < -0.4 is 10.1 Å². The van der Waals surface area contributed by atoms with Gasteiger partial charge in [-0.25, -0.2) is 0 Å². The largest absolute Gasteiger partial charge is 0.497 e. The molecule has 1 fully saturated rings. The van der Waals surface area contributed by atoms with E-state index in [9.17, 15) is 0 Å². The molecule has 2 unspecified atom stereocenters. The summed E-state index contributed by atoms with van der Waals surface area (Å²) in [4.78, 5) is 0. The monoisotopic (exact) mass is 301 g/mol. The Labute approximate surface area is 133 Å². The summed E-state index contributed by atoms with van der Waals surface area (Å²) in [5.74, 6) is 1.55. The Hall–Kier alpha value is -1.32. The highest BCUT2D eigenvalue weighted by atomic mass is 16.5. The fourth-order valence-corrected chi connectivity index (χ4v) is 4.44. The first-order valence-corrected chi connectivity index (χ1v) is 8.32. The number of fused-ring (bicyclic) bond motifs is 4. The van der Waals surface area contributed by atoms with E-state index in [1.165, 1.54) is 30.4 Å². The van der Waals surface area contributed by atoms with Gasteiger partial charge in [0.05, 0.1) is 7.11 Å². The second-order valence-electron chi connectivity index (χ2n) is 6.50. The highest BCUT2D eigenvalue weighted by Crippen LogP contribution is 2.48. The van der Waals surface area contributed by atoms with E-state index < -0.39 is 0 Å². The van der Waals surface area contributed by atoms with E-state index in [0.29, 0.717) is 12.0 Å². The molecule has 0 aliphatic heterocycles. The van der Waals surface area contributed by atoms with Crippen molar-refractivity contribution in [2.75, 3.05) is 20.8 Å². The van der Waals surface area contributed by atoms with Crippen molar-refractivity contribution in [3.05, 3.63) is 42.0 Å². The van der Waals surface area contributed by atoms with E-state index in [4.69, 9.17) is 9.47 Å². The Morgan fingerprint density at radius 1 is 1.36 bits per heavy atom. The average Bonchev–Trinajstić information content (AvgIpc) is 2.68. The minimum atomic E-state index is -0.244. The molecule has 0 heterocycles. The third-order valence-corrected chi connectivity index (χ3v) is 5.45. The average molecular weight is 301 g/mol. The van der Waals surface area contributed by atoms with Gasteiger partial charge in [0.25, 0.3) is 0 Å². The van der Waals surface area contributed by atoms with Crippen LogP contribution in [0.4, 0.5) is 0 Å². The third-order valence-electron chi connectivity index (χ3n) is 5.45. The molecule has 1 saturated carbocycles. The lowest BCUT2D eigenvalue weighted by molar-refractivity contribution is -0.0707. The molecule has 22 heavy (non-hydrogen) atoms. The second kappa shape index (κ2) is 6.43. The summed E-state index contributed by atoms with van der Waals surface area (Å²) < 4.78 is 11.7. The number of methoxy groups -OCH3 is 2. The van der Waals surface area contributed by atoms with Crippen LogP contribution in [-0.2, 0) is 16.8 Å².